The number of rotatable bonds is 3. The fourth-order valence-corrected chi connectivity index (χ4v) is 3.69. The molecule has 72 valence electrons. The van der Waals surface area contributed by atoms with Gasteiger partial charge in [-0.15, -0.1) is 0 Å². The minimum Gasteiger partial charge on any atom is -0.306 e. The van der Waals surface area contributed by atoms with Crippen LogP contribution in [0.3, 0.4) is 0 Å². The minimum absolute atomic E-state index is 0.839. The van der Waals surface area contributed by atoms with Crippen molar-refractivity contribution in [2.24, 2.45) is 5.92 Å². The Balaban J connectivity index is 2.28. The van der Waals surface area contributed by atoms with Gasteiger partial charge >= 0.3 is 0 Å². The summed E-state index contributed by atoms with van der Waals surface area (Å²) in [7, 11) is -0.839. The lowest BCUT2D eigenvalue weighted by Gasteiger charge is -2.24. The van der Waals surface area contributed by atoms with Gasteiger partial charge in [0.15, 0.2) is 0 Å². The van der Waals surface area contributed by atoms with E-state index in [2.05, 4.69) is 31.5 Å². The Labute approximate surface area is 78.2 Å². The van der Waals surface area contributed by atoms with Gasteiger partial charge in [-0.2, -0.15) is 0 Å². The van der Waals surface area contributed by atoms with Crippen LogP contribution in [-0.4, -0.2) is 32.2 Å². The molecule has 0 radical (unpaired) electrons. The molecule has 0 bridgehead atoms. The first-order valence-corrected chi connectivity index (χ1v) is 8.94. The van der Waals surface area contributed by atoms with Gasteiger partial charge in [0.05, 0.1) is 8.07 Å². The zero-order valence-electron chi connectivity index (χ0n) is 9.06. The average Bonchev–Trinajstić information content (AvgIpc) is 2.32. The van der Waals surface area contributed by atoms with Crippen LogP contribution in [0.5, 0.6) is 0 Å². The molecule has 12 heavy (non-hydrogen) atoms. The maximum absolute atomic E-state index is 2.68. The zero-order valence-corrected chi connectivity index (χ0v) is 10.1. The lowest BCUT2D eigenvalue weighted by molar-refractivity contribution is 0.367. The van der Waals surface area contributed by atoms with Gasteiger partial charge in [-0.3, -0.25) is 0 Å². The predicted molar refractivity (Wildman–Crippen MR) is 58.2 cm³/mol. The third kappa shape index (κ3) is 3.28. The molecular weight excluding hydrogens is 162 g/mol. The molecule has 2 heteroatoms. The van der Waals surface area contributed by atoms with E-state index in [1.54, 1.807) is 0 Å². The van der Waals surface area contributed by atoms with Crippen LogP contribution in [0.1, 0.15) is 19.8 Å². The summed E-state index contributed by atoms with van der Waals surface area (Å²) in [5, 5.41) is 0. The lowest BCUT2D eigenvalue weighted by Crippen LogP contribution is -2.38. The highest BCUT2D eigenvalue weighted by Crippen LogP contribution is 2.20. The molecule has 0 spiro atoms. The van der Waals surface area contributed by atoms with Crippen molar-refractivity contribution in [1.82, 2.24) is 4.90 Å². The molecule has 1 aliphatic heterocycles. The van der Waals surface area contributed by atoms with E-state index in [1.165, 1.54) is 32.1 Å². The first kappa shape index (κ1) is 10.3. The standard InChI is InChI=1S/C10H23NSi/c1-5-10-6-7-11(8-10)9-12(2,3)4/h10H,5-9H2,1-4H3. The van der Waals surface area contributed by atoms with Crippen LogP contribution < -0.4 is 0 Å². The molecule has 0 saturated carbocycles. The Hall–Kier alpha value is 0.177. The Morgan fingerprint density at radius 2 is 2.00 bits per heavy atom. The first-order valence-electron chi connectivity index (χ1n) is 5.23. The normalized spacial score (nSPS) is 26.5. The van der Waals surface area contributed by atoms with Crippen LogP contribution in [0.25, 0.3) is 0 Å². The molecule has 0 N–H and O–H groups in total. The van der Waals surface area contributed by atoms with Gasteiger partial charge in [-0.05, 0) is 25.1 Å². The summed E-state index contributed by atoms with van der Waals surface area (Å²) >= 11 is 0. The van der Waals surface area contributed by atoms with E-state index in [0.717, 1.165) is 5.92 Å². The third-order valence-corrected chi connectivity index (χ3v) is 4.04. The molecule has 0 aromatic carbocycles. The van der Waals surface area contributed by atoms with Crippen molar-refractivity contribution < 1.29 is 0 Å². The van der Waals surface area contributed by atoms with Crippen molar-refractivity contribution in [2.75, 3.05) is 19.3 Å². The quantitative estimate of drug-likeness (QED) is 0.611. The molecule has 0 aromatic heterocycles. The van der Waals surface area contributed by atoms with E-state index >= 15 is 0 Å². The molecule has 1 nitrogen and oxygen atoms in total. The fraction of sp³-hybridized carbons (Fsp3) is 1.00. The maximum Gasteiger partial charge on any atom is 0.0599 e. The summed E-state index contributed by atoms with van der Waals surface area (Å²) in [6, 6.07) is 0. The third-order valence-electron chi connectivity index (χ3n) is 2.65. The molecule has 1 aliphatic rings. The van der Waals surface area contributed by atoms with Gasteiger partial charge in [0.25, 0.3) is 0 Å². The van der Waals surface area contributed by atoms with Gasteiger partial charge in [0.1, 0.15) is 0 Å². The molecule has 0 aromatic rings. The summed E-state index contributed by atoms with van der Waals surface area (Å²) in [6.07, 6.45) is 4.23. The van der Waals surface area contributed by atoms with Crippen molar-refractivity contribution in [3.63, 3.8) is 0 Å². The molecule has 1 saturated heterocycles. The zero-order chi connectivity index (χ0) is 9.19. The van der Waals surface area contributed by atoms with E-state index < -0.39 is 8.07 Å². The fourth-order valence-electron chi connectivity index (χ4n) is 2.06. The predicted octanol–water partition coefficient (Wildman–Crippen LogP) is 2.60. The van der Waals surface area contributed by atoms with Crippen LogP contribution in [0.2, 0.25) is 19.6 Å². The summed E-state index contributed by atoms with van der Waals surface area (Å²) in [5.74, 6) is 1.00. The molecule has 1 atom stereocenters. The van der Waals surface area contributed by atoms with E-state index in [-0.39, 0.29) is 0 Å². The smallest absolute Gasteiger partial charge is 0.0599 e. The summed E-state index contributed by atoms with van der Waals surface area (Å²) < 4.78 is 0. The number of hydrogen-bond donors (Lipinski definition) is 0. The Bertz CT molecular complexity index is 139. The Morgan fingerprint density at radius 1 is 1.33 bits per heavy atom. The number of nitrogens with zero attached hydrogens (tertiary/aromatic N) is 1. The second-order valence-electron chi connectivity index (χ2n) is 5.36. The molecule has 0 aliphatic carbocycles. The average molecular weight is 185 g/mol. The second kappa shape index (κ2) is 3.92. The van der Waals surface area contributed by atoms with Crippen molar-refractivity contribution in [2.45, 2.75) is 39.4 Å². The topological polar surface area (TPSA) is 3.24 Å². The van der Waals surface area contributed by atoms with Crippen molar-refractivity contribution in [3.8, 4) is 0 Å². The summed E-state index contributed by atoms with van der Waals surface area (Å²) in [5.41, 5.74) is 0. The molecule has 0 amide bonds. The summed E-state index contributed by atoms with van der Waals surface area (Å²) in [4.78, 5) is 2.68. The van der Waals surface area contributed by atoms with Crippen LogP contribution in [0.4, 0.5) is 0 Å². The van der Waals surface area contributed by atoms with Crippen LogP contribution >= 0.6 is 0 Å². The van der Waals surface area contributed by atoms with Gasteiger partial charge in [-0.25, -0.2) is 0 Å². The van der Waals surface area contributed by atoms with Crippen LogP contribution in [0, 0.1) is 5.92 Å². The molecular formula is C10H23NSi. The summed E-state index contributed by atoms with van der Waals surface area (Å²) in [6.45, 7) is 12.5. The van der Waals surface area contributed by atoms with E-state index in [0.29, 0.717) is 0 Å². The monoisotopic (exact) mass is 185 g/mol. The van der Waals surface area contributed by atoms with Crippen molar-refractivity contribution in [3.05, 3.63) is 0 Å². The molecule has 1 unspecified atom stereocenters. The highest BCUT2D eigenvalue weighted by atomic mass is 28.3. The van der Waals surface area contributed by atoms with Crippen molar-refractivity contribution in [1.29, 1.82) is 0 Å². The Morgan fingerprint density at radius 3 is 2.42 bits per heavy atom. The largest absolute Gasteiger partial charge is 0.306 e. The van der Waals surface area contributed by atoms with Gasteiger partial charge in [0.2, 0.25) is 0 Å². The van der Waals surface area contributed by atoms with E-state index in [4.69, 9.17) is 0 Å². The van der Waals surface area contributed by atoms with Gasteiger partial charge in [0, 0.05) is 6.54 Å². The highest BCUT2D eigenvalue weighted by Gasteiger charge is 2.25. The molecule has 1 rings (SSSR count). The molecule has 1 fully saturated rings. The number of likely N-dealkylation sites (tertiary alicyclic amines) is 1. The van der Waals surface area contributed by atoms with E-state index in [1.807, 2.05) is 0 Å². The van der Waals surface area contributed by atoms with E-state index in [9.17, 15) is 0 Å². The van der Waals surface area contributed by atoms with Gasteiger partial charge < -0.3 is 4.90 Å². The molecule has 1 heterocycles. The van der Waals surface area contributed by atoms with Crippen LogP contribution in [0.15, 0.2) is 0 Å². The Kier molecular flexibility index (Phi) is 3.35. The highest BCUT2D eigenvalue weighted by molar-refractivity contribution is 6.76. The second-order valence-corrected chi connectivity index (χ2v) is 10.8. The lowest BCUT2D eigenvalue weighted by atomic mass is 10.1. The van der Waals surface area contributed by atoms with Crippen LogP contribution in [-0.2, 0) is 0 Å². The minimum atomic E-state index is -0.839. The maximum atomic E-state index is 2.68. The van der Waals surface area contributed by atoms with Crippen molar-refractivity contribution >= 4 is 8.07 Å². The first-order chi connectivity index (χ1) is 5.51. The SMILES string of the molecule is CCC1CCN(C[Si](C)(C)C)C1. The number of hydrogen-bond acceptors (Lipinski definition) is 1. The van der Waals surface area contributed by atoms with Gasteiger partial charge in [-0.1, -0.05) is 33.0 Å².